The Labute approximate surface area is 128 Å². The third kappa shape index (κ3) is 6.14. The molecule has 0 radical (unpaired) electrons. The van der Waals surface area contributed by atoms with E-state index in [0.717, 1.165) is 38.5 Å². The first kappa shape index (κ1) is 17.5. The van der Waals surface area contributed by atoms with Gasteiger partial charge < -0.3 is 15.5 Å². The molecular weight excluding hydrogens is 264 g/mol. The van der Waals surface area contributed by atoms with E-state index in [1.807, 2.05) is 6.92 Å². The fourth-order valence-electron chi connectivity index (χ4n) is 1.88. The summed E-state index contributed by atoms with van der Waals surface area (Å²) in [6.07, 6.45) is 1.07. The average Bonchev–Trinajstić information content (AvgIpc) is 2.39. The van der Waals surface area contributed by atoms with Gasteiger partial charge in [-0.05, 0) is 32.6 Å². The van der Waals surface area contributed by atoms with E-state index in [1.165, 1.54) is 0 Å². The minimum Gasteiger partial charge on any atom is -0.354 e. The van der Waals surface area contributed by atoms with Crippen molar-refractivity contribution in [3.8, 4) is 0 Å². The van der Waals surface area contributed by atoms with Crippen LogP contribution < -0.4 is 15.5 Å². The average molecular weight is 294 g/mol. The van der Waals surface area contributed by atoms with E-state index < -0.39 is 0 Å². The van der Waals surface area contributed by atoms with Gasteiger partial charge in [0.05, 0.1) is 0 Å². The summed E-state index contributed by atoms with van der Waals surface area (Å²) in [5.41, 5.74) is 0.298. The minimum absolute atomic E-state index is 0.298. The summed E-state index contributed by atoms with van der Waals surface area (Å²) in [6.45, 7) is 16.3. The maximum Gasteiger partial charge on any atom is 0.231 e. The molecule has 6 heteroatoms. The van der Waals surface area contributed by atoms with E-state index in [1.54, 1.807) is 0 Å². The van der Waals surface area contributed by atoms with Gasteiger partial charge in [-0.3, -0.25) is 0 Å². The monoisotopic (exact) mass is 294 g/mol. The van der Waals surface area contributed by atoms with Gasteiger partial charge in [-0.2, -0.15) is 15.0 Å². The van der Waals surface area contributed by atoms with Crippen LogP contribution in [0.15, 0.2) is 0 Å². The highest BCUT2D eigenvalue weighted by atomic mass is 15.3. The van der Waals surface area contributed by atoms with Crippen molar-refractivity contribution in [2.75, 3.05) is 41.7 Å². The summed E-state index contributed by atoms with van der Waals surface area (Å²) in [7, 11) is 0. The number of rotatable bonds is 8. The number of anilines is 3. The first-order chi connectivity index (χ1) is 9.89. The van der Waals surface area contributed by atoms with E-state index in [-0.39, 0.29) is 0 Å². The molecule has 0 aliphatic heterocycles. The van der Waals surface area contributed by atoms with Crippen LogP contribution in [-0.4, -0.2) is 41.1 Å². The smallest absolute Gasteiger partial charge is 0.231 e. The zero-order chi connectivity index (χ0) is 15.9. The molecule has 2 N–H and O–H groups in total. The summed E-state index contributed by atoms with van der Waals surface area (Å²) < 4.78 is 0. The number of nitrogens with one attached hydrogen (secondary N) is 2. The fourth-order valence-corrected chi connectivity index (χ4v) is 1.88. The molecule has 1 aromatic rings. The first-order valence-corrected chi connectivity index (χ1v) is 7.88. The molecule has 0 unspecified atom stereocenters. The highest BCUT2D eigenvalue weighted by Gasteiger charge is 2.12. The third-order valence-electron chi connectivity index (χ3n) is 3.16. The Kier molecular flexibility index (Phi) is 6.65. The fraction of sp³-hybridized carbons (Fsp3) is 0.800. The van der Waals surface area contributed by atoms with Crippen molar-refractivity contribution in [3.05, 3.63) is 0 Å². The topological polar surface area (TPSA) is 66.0 Å². The normalized spacial score (nSPS) is 11.3. The molecule has 0 bridgehead atoms. The Hall–Kier alpha value is -1.59. The molecule has 1 rings (SSSR count). The van der Waals surface area contributed by atoms with Gasteiger partial charge in [0, 0.05) is 26.2 Å². The molecule has 0 atom stereocenters. The van der Waals surface area contributed by atoms with Gasteiger partial charge in [0.2, 0.25) is 17.8 Å². The van der Waals surface area contributed by atoms with Gasteiger partial charge in [0.25, 0.3) is 0 Å². The first-order valence-electron chi connectivity index (χ1n) is 7.88. The Morgan fingerprint density at radius 1 is 0.905 bits per heavy atom. The summed E-state index contributed by atoms with van der Waals surface area (Å²) in [5, 5.41) is 6.48. The molecule has 6 nitrogen and oxygen atoms in total. The summed E-state index contributed by atoms with van der Waals surface area (Å²) in [5.74, 6) is 2.00. The van der Waals surface area contributed by atoms with Crippen molar-refractivity contribution in [2.24, 2.45) is 5.41 Å². The van der Waals surface area contributed by atoms with Crippen LogP contribution in [0.25, 0.3) is 0 Å². The van der Waals surface area contributed by atoms with Crippen LogP contribution in [0.4, 0.5) is 17.8 Å². The lowest BCUT2D eigenvalue weighted by Gasteiger charge is -2.21. The number of hydrogen-bond acceptors (Lipinski definition) is 6. The van der Waals surface area contributed by atoms with Crippen molar-refractivity contribution < 1.29 is 0 Å². The van der Waals surface area contributed by atoms with E-state index >= 15 is 0 Å². The Morgan fingerprint density at radius 3 is 1.95 bits per heavy atom. The van der Waals surface area contributed by atoms with Gasteiger partial charge in [0.15, 0.2) is 0 Å². The van der Waals surface area contributed by atoms with Crippen molar-refractivity contribution in [3.63, 3.8) is 0 Å². The standard InChI is InChI=1S/C15H30N6/c1-7-16-12-18-13(17-11-10-15(4,5)6)20-14(19-12)21(8-2)9-3/h7-11H2,1-6H3,(H2,16,17,18,19,20). The molecule has 1 heterocycles. The molecule has 0 saturated carbocycles. The predicted octanol–water partition coefficient (Wildman–Crippen LogP) is 3.00. The van der Waals surface area contributed by atoms with Gasteiger partial charge in [0.1, 0.15) is 0 Å². The molecule has 0 amide bonds. The van der Waals surface area contributed by atoms with Crippen LogP contribution in [0.1, 0.15) is 48.0 Å². The van der Waals surface area contributed by atoms with Gasteiger partial charge in [-0.15, -0.1) is 0 Å². The summed E-state index contributed by atoms with van der Waals surface area (Å²) >= 11 is 0. The molecule has 21 heavy (non-hydrogen) atoms. The molecule has 0 fully saturated rings. The van der Waals surface area contributed by atoms with Crippen LogP contribution >= 0.6 is 0 Å². The molecule has 0 saturated heterocycles. The maximum absolute atomic E-state index is 4.53. The highest BCUT2D eigenvalue weighted by molar-refractivity contribution is 5.43. The van der Waals surface area contributed by atoms with Gasteiger partial charge >= 0.3 is 0 Å². The SMILES string of the molecule is CCNc1nc(NCCC(C)(C)C)nc(N(CC)CC)n1. The minimum atomic E-state index is 0.298. The van der Waals surface area contributed by atoms with Crippen LogP contribution in [0.3, 0.4) is 0 Å². The van der Waals surface area contributed by atoms with E-state index in [9.17, 15) is 0 Å². The van der Waals surface area contributed by atoms with Crippen molar-refractivity contribution >= 4 is 17.8 Å². The summed E-state index contributed by atoms with van der Waals surface area (Å²) in [6, 6.07) is 0. The van der Waals surface area contributed by atoms with E-state index in [0.29, 0.717) is 17.3 Å². The highest BCUT2D eigenvalue weighted by Crippen LogP contribution is 2.19. The van der Waals surface area contributed by atoms with Crippen LogP contribution in [0.2, 0.25) is 0 Å². The van der Waals surface area contributed by atoms with E-state index in [2.05, 4.69) is 65.1 Å². The van der Waals surface area contributed by atoms with Gasteiger partial charge in [-0.1, -0.05) is 20.8 Å². The zero-order valence-electron chi connectivity index (χ0n) is 14.3. The molecule has 1 aromatic heterocycles. The number of aromatic nitrogens is 3. The van der Waals surface area contributed by atoms with Crippen LogP contribution in [0.5, 0.6) is 0 Å². The third-order valence-corrected chi connectivity index (χ3v) is 3.16. The molecule has 0 spiro atoms. The van der Waals surface area contributed by atoms with Crippen LogP contribution in [-0.2, 0) is 0 Å². The molecular formula is C15H30N6. The Bertz CT molecular complexity index is 423. The molecule has 0 aliphatic carbocycles. The molecule has 0 aromatic carbocycles. The zero-order valence-corrected chi connectivity index (χ0v) is 14.3. The molecule has 120 valence electrons. The Balaban J connectivity index is 2.86. The quantitative estimate of drug-likeness (QED) is 0.768. The van der Waals surface area contributed by atoms with E-state index in [4.69, 9.17) is 0 Å². The number of nitrogens with zero attached hydrogens (tertiary/aromatic N) is 4. The maximum atomic E-state index is 4.53. The number of hydrogen-bond donors (Lipinski definition) is 2. The second-order valence-electron chi connectivity index (χ2n) is 6.22. The lowest BCUT2D eigenvalue weighted by atomic mass is 9.92. The summed E-state index contributed by atoms with van der Waals surface area (Å²) in [4.78, 5) is 15.5. The molecule has 0 aliphatic rings. The van der Waals surface area contributed by atoms with Gasteiger partial charge in [-0.25, -0.2) is 0 Å². The van der Waals surface area contributed by atoms with Crippen LogP contribution in [0, 0.1) is 5.41 Å². The van der Waals surface area contributed by atoms with Crippen molar-refractivity contribution in [1.82, 2.24) is 15.0 Å². The second kappa shape index (κ2) is 8.00. The largest absolute Gasteiger partial charge is 0.354 e. The second-order valence-corrected chi connectivity index (χ2v) is 6.22. The van der Waals surface area contributed by atoms with Crippen molar-refractivity contribution in [1.29, 1.82) is 0 Å². The Morgan fingerprint density at radius 2 is 1.48 bits per heavy atom. The lowest BCUT2D eigenvalue weighted by molar-refractivity contribution is 0.389. The predicted molar refractivity (Wildman–Crippen MR) is 90.1 cm³/mol. The van der Waals surface area contributed by atoms with Crippen molar-refractivity contribution in [2.45, 2.75) is 48.0 Å². The lowest BCUT2D eigenvalue weighted by Crippen LogP contribution is -2.25.